The second-order valence-electron chi connectivity index (χ2n) is 2.42. The fraction of sp³-hybridized carbons (Fsp3) is 0.571. The molecule has 0 aromatic heterocycles. The number of ether oxygens (including phenoxy) is 1. The van der Waals surface area contributed by atoms with Crippen molar-refractivity contribution in [3.05, 3.63) is 0 Å². The van der Waals surface area contributed by atoms with Gasteiger partial charge in [-0.2, -0.15) is 0 Å². The first kappa shape index (κ1) is 11.4. The summed E-state index contributed by atoms with van der Waals surface area (Å²) >= 11 is 0. The Kier molecular flexibility index (Phi) is 5.25. The van der Waals surface area contributed by atoms with E-state index in [9.17, 15) is 4.79 Å². The Labute approximate surface area is 75.5 Å². The molecule has 0 heterocycles. The van der Waals surface area contributed by atoms with Gasteiger partial charge in [-0.1, -0.05) is 10.3 Å². The Balaban J connectivity index is 3.99. The van der Waals surface area contributed by atoms with Gasteiger partial charge in [0.05, 0.1) is 0 Å². The van der Waals surface area contributed by atoms with Crippen LogP contribution in [0.3, 0.4) is 0 Å². The quantitative estimate of drug-likeness (QED) is 0.299. The van der Waals surface area contributed by atoms with Crippen LogP contribution in [0.5, 0.6) is 0 Å². The number of carbonyl (C=O) groups is 1. The maximum absolute atomic E-state index is 10.5. The minimum absolute atomic E-state index is 0.0386. The van der Waals surface area contributed by atoms with Crippen molar-refractivity contribution in [1.29, 1.82) is 0 Å². The lowest BCUT2D eigenvalue weighted by Gasteiger charge is -2.03. The monoisotopic (exact) mass is 188 g/mol. The van der Waals surface area contributed by atoms with Crippen LogP contribution in [0.25, 0.3) is 0 Å². The van der Waals surface area contributed by atoms with Crippen molar-refractivity contribution < 1.29 is 19.9 Å². The van der Waals surface area contributed by atoms with Crippen molar-refractivity contribution in [2.75, 3.05) is 0 Å². The molecule has 0 spiro atoms. The molecule has 6 heteroatoms. The van der Waals surface area contributed by atoms with Crippen molar-refractivity contribution in [3.8, 4) is 0 Å². The molecule has 0 rings (SSSR count). The molecule has 0 amide bonds. The molecule has 0 saturated heterocycles. The molecule has 0 bridgehead atoms. The minimum atomic E-state index is -0.0505. The van der Waals surface area contributed by atoms with Crippen LogP contribution in [0.2, 0.25) is 0 Å². The van der Waals surface area contributed by atoms with Crippen LogP contribution in [0, 0.1) is 0 Å². The summed E-state index contributed by atoms with van der Waals surface area (Å²) in [6, 6.07) is 0. The Hall–Kier alpha value is -1.59. The molecule has 0 aromatic rings. The number of nitrogens with zero attached hydrogens (tertiary/aromatic N) is 2. The third kappa shape index (κ3) is 5.66. The van der Waals surface area contributed by atoms with Gasteiger partial charge in [-0.15, -0.1) is 0 Å². The molecular formula is C7H12N2O4. The van der Waals surface area contributed by atoms with E-state index in [4.69, 9.17) is 15.2 Å². The number of Topliss-reactive ketones (excluding diaryl/α,β-unsaturated/α-hetero) is 1. The molecule has 0 atom stereocenters. The Morgan fingerprint density at radius 2 is 1.85 bits per heavy atom. The van der Waals surface area contributed by atoms with Gasteiger partial charge in [0.1, 0.15) is 5.78 Å². The van der Waals surface area contributed by atoms with Crippen LogP contribution in [-0.4, -0.2) is 28.0 Å². The van der Waals surface area contributed by atoms with Gasteiger partial charge >= 0.3 is 0 Å². The van der Waals surface area contributed by atoms with Crippen molar-refractivity contribution in [1.82, 2.24) is 0 Å². The summed E-state index contributed by atoms with van der Waals surface area (Å²) < 4.78 is 4.75. The van der Waals surface area contributed by atoms with Crippen molar-refractivity contribution in [2.45, 2.75) is 26.7 Å². The lowest BCUT2D eigenvalue weighted by Crippen LogP contribution is -2.11. The molecule has 74 valence electrons. The summed E-state index contributed by atoms with van der Waals surface area (Å²) in [5, 5.41) is 22.1. The number of hydrogen-bond acceptors (Lipinski definition) is 6. The van der Waals surface area contributed by atoms with Crippen LogP contribution in [0.4, 0.5) is 0 Å². The third-order valence-corrected chi connectivity index (χ3v) is 1.21. The van der Waals surface area contributed by atoms with E-state index >= 15 is 0 Å². The first-order valence-electron chi connectivity index (χ1n) is 3.67. The van der Waals surface area contributed by atoms with E-state index in [2.05, 4.69) is 10.3 Å². The molecule has 0 saturated carbocycles. The summed E-state index contributed by atoms with van der Waals surface area (Å²) in [4.78, 5) is 10.5. The minimum Gasteiger partial charge on any atom is -0.422 e. The van der Waals surface area contributed by atoms with E-state index in [0.29, 0.717) is 0 Å². The van der Waals surface area contributed by atoms with E-state index in [-0.39, 0.29) is 30.4 Å². The van der Waals surface area contributed by atoms with Gasteiger partial charge in [-0.25, -0.2) is 0 Å². The second kappa shape index (κ2) is 5.99. The third-order valence-electron chi connectivity index (χ3n) is 1.21. The zero-order chi connectivity index (χ0) is 10.3. The molecule has 0 aromatic carbocycles. The largest absolute Gasteiger partial charge is 0.422 e. The van der Waals surface area contributed by atoms with E-state index in [1.165, 1.54) is 13.8 Å². The Morgan fingerprint density at radius 1 is 1.23 bits per heavy atom. The fourth-order valence-corrected chi connectivity index (χ4v) is 0.595. The lowest BCUT2D eigenvalue weighted by molar-refractivity contribution is -0.116. The van der Waals surface area contributed by atoms with Gasteiger partial charge < -0.3 is 19.9 Å². The van der Waals surface area contributed by atoms with Gasteiger partial charge in [0.15, 0.2) is 0 Å². The highest BCUT2D eigenvalue weighted by molar-refractivity contribution is 5.91. The van der Waals surface area contributed by atoms with Gasteiger partial charge in [-0.05, 0) is 6.92 Å². The number of rotatable bonds is 3. The molecule has 2 N–H and O–H groups in total. The van der Waals surface area contributed by atoms with Crippen molar-refractivity contribution in [3.63, 3.8) is 0 Å². The average Bonchev–Trinajstić information content (AvgIpc) is 2.11. The Morgan fingerprint density at radius 3 is 2.23 bits per heavy atom. The number of oxime groups is 2. The van der Waals surface area contributed by atoms with E-state index in [1.54, 1.807) is 0 Å². The van der Waals surface area contributed by atoms with Gasteiger partial charge in [0.2, 0.25) is 11.8 Å². The fourth-order valence-electron chi connectivity index (χ4n) is 0.595. The number of carbonyl (C=O) groups excluding carboxylic acids is 1. The van der Waals surface area contributed by atoms with Crippen LogP contribution in [0.1, 0.15) is 26.7 Å². The molecule has 6 nitrogen and oxygen atoms in total. The summed E-state index contributed by atoms with van der Waals surface area (Å²) in [5.41, 5.74) is 0. The predicted octanol–water partition coefficient (Wildman–Crippen LogP) is 0.968. The highest BCUT2D eigenvalue weighted by Gasteiger charge is 2.05. The van der Waals surface area contributed by atoms with Gasteiger partial charge in [-0.3, -0.25) is 0 Å². The first-order valence-corrected chi connectivity index (χ1v) is 3.67. The molecule has 0 fully saturated rings. The van der Waals surface area contributed by atoms with Crippen molar-refractivity contribution >= 4 is 17.6 Å². The van der Waals surface area contributed by atoms with E-state index in [0.717, 1.165) is 0 Å². The lowest BCUT2D eigenvalue weighted by atomic mass is 10.2. The van der Waals surface area contributed by atoms with Crippen LogP contribution >= 0.6 is 0 Å². The first-order chi connectivity index (χ1) is 6.10. The topological polar surface area (TPSA) is 91.5 Å². The van der Waals surface area contributed by atoms with E-state index < -0.39 is 0 Å². The maximum atomic E-state index is 10.5. The summed E-state index contributed by atoms with van der Waals surface area (Å²) in [5.74, 6) is -0.134. The zero-order valence-electron chi connectivity index (χ0n) is 7.52. The van der Waals surface area contributed by atoms with Gasteiger partial charge in [0.25, 0.3) is 0 Å². The predicted molar refractivity (Wildman–Crippen MR) is 45.1 cm³/mol. The SMILES string of the molecule is CC(=O)CCC(=NO)OC(C)=NO. The number of ketones is 1. The summed E-state index contributed by atoms with van der Waals surface area (Å²) in [6.45, 7) is 2.81. The van der Waals surface area contributed by atoms with Crippen LogP contribution < -0.4 is 0 Å². The molecule has 0 unspecified atom stereocenters. The highest BCUT2D eigenvalue weighted by Crippen LogP contribution is 1.97. The molecule has 0 aliphatic carbocycles. The number of hydrogen-bond donors (Lipinski definition) is 2. The summed E-state index contributed by atoms with van der Waals surface area (Å²) in [6.07, 6.45) is 0.400. The normalized spacial score (nSPS) is 12.8. The average molecular weight is 188 g/mol. The Bertz CT molecular complexity index is 235. The van der Waals surface area contributed by atoms with Crippen LogP contribution in [-0.2, 0) is 9.53 Å². The van der Waals surface area contributed by atoms with Crippen molar-refractivity contribution in [2.24, 2.45) is 10.3 Å². The van der Waals surface area contributed by atoms with E-state index in [1.807, 2.05) is 0 Å². The summed E-state index contributed by atoms with van der Waals surface area (Å²) in [7, 11) is 0. The van der Waals surface area contributed by atoms with Gasteiger partial charge in [0, 0.05) is 19.8 Å². The highest BCUT2D eigenvalue weighted by atomic mass is 16.6. The molecular weight excluding hydrogens is 176 g/mol. The smallest absolute Gasteiger partial charge is 0.233 e. The molecule has 13 heavy (non-hydrogen) atoms. The molecule has 0 radical (unpaired) electrons. The van der Waals surface area contributed by atoms with Crippen LogP contribution in [0.15, 0.2) is 10.3 Å². The standard InChI is InChI=1S/C7H12N2O4/c1-5(10)3-4-7(9-12)13-6(2)8-11/h11-12H,3-4H2,1-2H3. The maximum Gasteiger partial charge on any atom is 0.233 e. The molecule has 0 aliphatic heterocycles. The molecule has 0 aliphatic rings. The zero-order valence-corrected chi connectivity index (χ0v) is 7.52. The second-order valence-corrected chi connectivity index (χ2v) is 2.42.